The van der Waals surface area contributed by atoms with Gasteiger partial charge in [-0.3, -0.25) is 4.79 Å². The van der Waals surface area contributed by atoms with Crippen molar-refractivity contribution >= 4 is 5.97 Å². The van der Waals surface area contributed by atoms with Gasteiger partial charge in [0.1, 0.15) is 0 Å². The summed E-state index contributed by atoms with van der Waals surface area (Å²) >= 11 is 0. The number of aliphatic hydroxyl groups excluding tert-OH is 2. The SMILES string of the molecule is CC1(C)CC[C@]2(C(=O)O)CC[C@]3(C)C(=C2C1)C=C[C@@H]1[C@@]2(C)CC(O)C(O)C(C)(C)[C@@H]2CC[C@]13C. The Morgan fingerprint density at radius 1 is 0.941 bits per heavy atom. The molecular weight excluding hydrogens is 424 g/mol. The van der Waals surface area contributed by atoms with Crippen molar-refractivity contribution < 1.29 is 20.1 Å². The first-order chi connectivity index (χ1) is 15.6. The second-order valence-electron chi connectivity index (χ2n) is 14.8. The van der Waals surface area contributed by atoms with Gasteiger partial charge in [0, 0.05) is 0 Å². The smallest absolute Gasteiger partial charge is 0.313 e. The van der Waals surface area contributed by atoms with Gasteiger partial charge >= 0.3 is 5.97 Å². The third-order valence-electron chi connectivity index (χ3n) is 12.4. The average molecular weight is 471 g/mol. The molecule has 0 saturated heterocycles. The minimum Gasteiger partial charge on any atom is -0.481 e. The first-order valence-electron chi connectivity index (χ1n) is 13.6. The summed E-state index contributed by atoms with van der Waals surface area (Å²) in [6, 6.07) is 0. The summed E-state index contributed by atoms with van der Waals surface area (Å²) in [5.74, 6) is 0.00716. The fourth-order valence-electron chi connectivity index (χ4n) is 10.1. The Bertz CT molecular complexity index is 974. The van der Waals surface area contributed by atoms with Crippen molar-refractivity contribution in [1.82, 2.24) is 0 Å². The van der Waals surface area contributed by atoms with Gasteiger partial charge in [0.2, 0.25) is 0 Å². The number of hydrogen-bond acceptors (Lipinski definition) is 3. The number of aliphatic hydroxyl groups is 2. The van der Waals surface area contributed by atoms with E-state index in [1.165, 1.54) is 11.1 Å². The summed E-state index contributed by atoms with van der Waals surface area (Å²) < 4.78 is 0. The Hall–Kier alpha value is -1.13. The van der Waals surface area contributed by atoms with Gasteiger partial charge in [-0.1, -0.05) is 60.6 Å². The zero-order valence-corrected chi connectivity index (χ0v) is 22.4. The molecule has 4 heteroatoms. The second kappa shape index (κ2) is 7.00. The van der Waals surface area contributed by atoms with Crippen LogP contribution < -0.4 is 0 Å². The Balaban J connectivity index is 1.68. The van der Waals surface area contributed by atoms with Crippen molar-refractivity contribution in [1.29, 1.82) is 0 Å². The minimum absolute atomic E-state index is 0.000318. The first kappa shape index (κ1) is 24.6. The molecule has 0 heterocycles. The molecular formula is C30H46O4. The lowest BCUT2D eigenvalue weighted by Crippen LogP contribution is -2.65. The molecule has 0 radical (unpaired) electrons. The van der Waals surface area contributed by atoms with Gasteiger partial charge in [0.25, 0.3) is 0 Å². The molecule has 5 rings (SSSR count). The largest absolute Gasteiger partial charge is 0.481 e. The van der Waals surface area contributed by atoms with Gasteiger partial charge in [-0.05, 0) is 101 Å². The number of fused-ring (bicyclic) bond motifs is 6. The molecule has 34 heavy (non-hydrogen) atoms. The molecule has 2 unspecified atom stereocenters. The topological polar surface area (TPSA) is 77.8 Å². The highest BCUT2D eigenvalue weighted by Crippen LogP contribution is 2.74. The molecule has 0 aromatic heterocycles. The lowest BCUT2D eigenvalue weighted by Gasteiger charge is -2.69. The number of carboxylic acids is 1. The zero-order valence-electron chi connectivity index (χ0n) is 22.4. The van der Waals surface area contributed by atoms with Crippen LogP contribution >= 0.6 is 0 Å². The third-order valence-corrected chi connectivity index (χ3v) is 12.4. The van der Waals surface area contributed by atoms with Gasteiger partial charge in [-0.15, -0.1) is 0 Å². The lowest BCUT2D eigenvalue weighted by molar-refractivity contribution is -0.217. The van der Waals surface area contributed by atoms with E-state index in [2.05, 4.69) is 60.6 Å². The maximum atomic E-state index is 12.7. The molecule has 5 aliphatic rings. The van der Waals surface area contributed by atoms with E-state index in [4.69, 9.17) is 0 Å². The molecule has 0 spiro atoms. The van der Waals surface area contributed by atoms with Gasteiger partial charge in [-0.2, -0.15) is 0 Å². The highest BCUT2D eigenvalue weighted by molar-refractivity contribution is 5.80. The standard InChI is InChI=1S/C30H46O4/c1-25(2)12-14-30(24(33)34)15-13-28(6)18(19(30)16-25)8-9-22-27(5)17-20(31)23(32)26(3,4)21(27)10-11-29(22,28)7/h8-9,20-23,31-32H,10-17H2,1-7H3,(H,33,34)/t20?,21-,22+,23?,27-,28+,29+,30-/m0/s1. The fourth-order valence-corrected chi connectivity index (χ4v) is 10.1. The Morgan fingerprint density at radius 2 is 1.59 bits per heavy atom. The summed E-state index contributed by atoms with van der Waals surface area (Å²) in [5, 5.41) is 32.3. The predicted molar refractivity (Wildman–Crippen MR) is 134 cm³/mol. The summed E-state index contributed by atoms with van der Waals surface area (Å²) in [7, 11) is 0. The van der Waals surface area contributed by atoms with Gasteiger partial charge < -0.3 is 15.3 Å². The van der Waals surface area contributed by atoms with E-state index in [9.17, 15) is 20.1 Å². The van der Waals surface area contributed by atoms with Crippen molar-refractivity contribution in [2.24, 2.45) is 44.3 Å². The van der Waals surface area contributed by atoms with E-state index in [0.29, 0.717) is 18.3 Å². The molecule has 0 aliphatic heterocycles. The van der Waals surface area contributed by atoms with Crippen LogP contribution in [0.5, 0.6) is 0 Å². The number of aliphatic carboxylic acids is 1. The summed E-state index contributed by atoms with van der Waals surface area (Å²) in [4.78, 5) is 12.7. The van der Waals surface area contributed by atoms with Crippen molar-refractivity contribution in [2.75, 3.05) is 0 Å². The van der Waals surface area contributed by atoms with Crippen LogP contribution in [-0.4, -0.2) is 33.5 Å². The normalized spacial score (nSPS) is 51.1. The highest BCUT2D eigenvalue weighted by atomic mass is 16.4. The van der Waals surface area contributed by atoms with E-state index in [1.54, 1.807) is 0 Å². The third kappa shape index (κ3) is 2.82. The predicted octanol–water partition coefficient (Wildman–Crippen LogP) is 6.12. The highest BCUT2D eigenvalue weighted by Gasteiger charge is 2.68. The molecule has 0 aromatic rings. The number of hydrogen-bond donors (Lipinski definition) is 3. The van der Waals surface area contributed by atoms with E-state index < -0.39 is 23.6 Å². The molecule has 190 valence electrons. The van der Waals surface area contributed by atoms with E-state index >= 15 is 0 Å². The number of carbonyl (C=O) groups is 1. The van der Waals surface area contributed by atoms with Crippen LogP contribution in [0.15, 0.2) is 23.3 Å². The van der Waals surface area contributed by atoms with Crippen molar-refractivity contribution in [3.63, 3.8) is 0 Å². The first-order valence-corrected chi connectivity index (χ1v) is 13.6. The zero-order chi connectivity index (χ0) is 25.1. The van der Waals surface area contributed by atoms with E-state index in [-0.39, 0.29) is 27.1 Å². The number of allylic oxidation sites excluding steroid dienone is 3. The van der Waals surface area contributed by atoms with E-state index in [0.717, 1.165) is 44.9 Å². The summed E-state index contributed by atoms with van der Waals surface area (Å²) in [6.45, 7) is 16.1. The van der Waals surface area contributed by atoms with Crippen LogP contribution in [0.3, 0.4) is 0 Å². The van der Waals surface area contributed by atoms with Crippen LogP contribution in [0.4, 0.5) is 0 Å². The van der Waals surface area contributed by atoms with Crippen molar-refractivity contribution in [3.8, 4) is 0 Å². The Kier molecular flexibility index (Phi) is 5.06. The average Bonchev–Trinajstić information content (AvgIpc) is 2.72. The van der Waals surface area contributed by atoms with Crippen LogP contribution in [0.1, 0.15) is 99.8 Å². The number of rotatable bonds is 1. The fraction of sp³-hybridized carbons (Fsp3) is 0.833. The van der Waals surface area contributed by atoms with Gasteiger partial charge in [-0.25, -0.2) is 0 Å². The molecule has 0 amide bonds. The number of carboxylic acid groups (broad SMARTS) is 1. The van der Waals surface area contributed by atoms with Gasteiger partial charge in [0.05, 0.1) is 17.6 Å². The molecule has 3 N–H and O–H groups in total. The maximum absolute atomic E-state index is 12.7. The molecule has 8 atom stereocenters. The molecule has 0 aromatic carbocycles. The van der Waals surface area contributed by atoms with E-state index in [1.807, 2.05) is 0 Å². The van der Waals surface area contributed by atoms with Crippen molar-refractivity contribution in [3.05, 3.63) is 23.3 Å². The lowest BCUT2D eigenvalue weighted by atomic mass is 9.35. The molecule has 5 aliphatic carbocycles. The van der Waals surface area contributed by atoms with Gasteiger partial charge in [0.15, 0.2) is 0 Å². The molecule has 0 bridgehead atoms. The summed E-state index contributed by atoms with van der Waals surface area (Å²) in [5.41, 5.74) is 1.43. The maximum Gasteiger partial charge on any atom is 0.313 e. The monoisotopic (exact) mass is 470 g/mol. The van der Waals surface area contributed by atoms with Crippen LogP contribution in [0, 0.1) is 44.3 Å². The second-order valence-corrected chi connectivity index (χ2v) is 14.8. The molecule has 4 nitrogen and oxygen atoms in total. The quantitative estimate of drug-likeness (QED) is 0.431. The Labute approximate surface area is 205 Å². The van der Waals surface area contributed by atoms with Crippen LogP contribution in [0.25, 0.3) is 0 Å². The van der Waals surface area contributed by atoms with Crippen LogP contribution in [-0.2, 0) is 4.79 Å². The van der Waals surface area contributed by atoms with Crippen LogP contribution in [0.2, 0.25) is 0 Å². The summed E-state index contributed by atoms with van der Waals surface area (Å²) in [6.07, 6.45) is 10.3. The Morgan fingerprint density at radius 3 is 2.24 bits per heavy atom. The minimum atomic E-state index is -0.704. The van der Waals surface area contributed by atoms with Crippen molar-refractivity contribution in [2.45, 2.75) is 112 Å². The molecule has 3 saturated carbocycles. The molecule has 3 fully saturated rings.